The van der Waals surface area contributed by atoms with Crippen molar-refractivity contribution in [1.29, 1.82) is 5.26 Å². The Hall–Kier alpha value is -2.74. The van der Waals surface area contributed by atoms with Crippen molar-refractivity contribution in [3.63, 3.8) is 0 Å². The number of anilines is 3. The van der Waals surface area contributed by atoms with E-state index < -0.39 is 10.0 Å². The maximum atomic E-state index is 12.4. The zero-order valence-electron chi connectivity index (χ0n) is 18.2. The van der Waals surface area contributed by atoms with Gasteiger partial charge in [0.2, 0.25) is 16.0 Å². The second-order valence-corrected chi connectivity index (χ2v) is 9.19. The highest BCUT2D eigenvalue weighted by molar-refractivity contribution is 7.89. The lowest BCUT2D eigenvalue weighted by Gasteiger charge is -2.12. The number of hydrogen-bond donors (Lipinski definition) is 4. The number of nitriles is 1. The van der Waals surface area contributed by atoms with Gasteiger partial charge in [-0.2, -0.15) is 5.26 Å². The van der Waals surface area contributed by atoms with Crippen LogP contribution in [-0.2, 0) is 10.0 Å². The first-order valence-corrected chi connectivity index (χ1v) is 11.9. The van der Waals surface area contributed by atoms with Crippen molar-refractivity contribution in [3.05, 3.63) is 36.7 Å². The number of aromatic nitrogens is 2. The van der Waals surface area contributed by atoms with E-state index in [-0.39, 0.29) is 10.9 Å². The lowest BCUT2D eigenvalue weighted by Crippen LogP contribution is -2.29. The smallest absolute Gasteiger partial charge is 0.240 e. The van der Waals surface area contributed by atoms with Gasteiger partial charge in [0.05, 0.1) is 29.0 Å². The summed E-state index contributed by atoms with van der Waals surface area (Å²) in [6.07, 6.45) is 5.57. The fraction of sp³-hybridized carbons (Fsp3) is 0.476. The van der Waals surface area contributed by atoms with Gasteiger partial charge >= 0.3 is 0 Å². The Morgan fingerprint density at radius 3 is 2.32 bits per heavy atom. The number of hydrogen-bond acceptors (Lipinski definition) is 8. The van der Waals surface area contributed by atoms with Crippen LogP contribution in [0.25, 0.3) is 0 Å². The third-order valence-electron chi connectivity index (χ3n) is 4.34. The van der Waals surface area contributed by atoms with Gasteiger partial charge in [0, 0.05) is 18.3 Å². The quantitative estimate of drug-likeness (QED) is 0.346. The van der Waals surface area contributed by atoms with E-state index in [4.69, 9.17) is 5.26 Å². The third-order valence-corrected chi connectivity index (χ3v) is 5.82. The van der Waals surface area contributed by atoms with Gasteiger partial charge in [0.25, 0.3) is 0 Å². The van der Waals surface area contributed by atoms with Gasteiger partial charge in [-0.3, -0.25) is 0 Å². The van der Waals surface area contributed by atoms with Crippen LogP contribution >= 0.6 is 0 Å². The Kier molecular flexibility index (Phi) is 9.65. The molecule has 1 heterocycles. The summed E-state index contributed by atoms with van der Waals surface area (Å²) in [6.45, 7) is 7.25. The van der Waals surface area contributed by atoms with Crippen molar-refractivity contribution in [1.82, 2.24) is 20.0 Å². The molecule has 0 aliphatic carbocycles. The maximum Gasteiger partial charge on any atom is 0.240 e. The molecule has 2 rings (SSSR count). The zero-order valence-corrected chi connectivity index (χ0v) is 19.0. The lowest BCUT2D eigenvalue weighted by molar-refractivity contribution is 0.554. The summed E-state index contributed by atoms with van der Waals surface area (Å²) in [6, 6.07) is 8.71. The first kappa shape index (κ1) is 24.5. The first-order chi connectivity index (χ1) is 14.8. The van der Waals surface area contributed by atoms with Crippen molar-refractivity contribution in [3.8, 4) is 6.07 Å². The number of nitrogens with zero attached hydrogens (tertiary/aromatic N) is 3. The lowest BCUT2D eigenvalue weighted by atomic mass is 10.2. The molecule has 31 heavy (non-hydrogen) atoms. The summed E-state index contributed by atoms with van der Waals surface area (Å²) in [5, 5.41) is 18.5. The summed E-state index contributed by atoms with van der Waals surface area (Å²) < 4.78 is 27.4. The van der Waals surface area contributed by atoms with Crippen LogP contribution in [0, 0.1) is 11.3 Å². The molecular weight excluding hydrogens is 414 g/mol. The van der Waals surface area contributed by atoms with Crippen LogP contribution < -0.4 is 20.7 Å². The number of sulfonamides is 1. The summed E-state index contributed by atoms with van der Waals surface area (Å²) in [7, 11) is -3.55. The molecule has 4 N–H and O–H groups in total. The molecule has 0 bridgehead atoms. The summed E-state index contributed by atoms with van der Waals surface area (Å²) >= 11 is 0. The molecule has 0 spiro atoms. The second-order valence-electron chi connectivity index (χ2n) is 7.42. The van der Waals surface area contributed by atoms with Crippen molar-refractivity contribution in [2.24, 2.45) is 0 Å². The molecule has 0 aliphatic rings. The minimum atomic E-state index is -3.55. The van der Waals surface area contributed by atoms with E-state index in [0.29, 0.717) is 36.3 Å². The van der Waals surface area contributed by atoms with Crippen LogP contribution in [-0.4, -0.2) is 43.6 Å². The van der Waals surface area contributed by atoms with Crippen molar-refractivity contribution in [2.75, 3.05) is 23.7 Å². The molecule has 1 aromatic heterocycles. The Morgan fingerprint density at radius 1 is 1.06 bits per heavy atom. The van der Waals surface area contributed by atoms with Crippen LogP contribution in [0.5, 0.6) is 0 Å². The second kappa shape index (κ2) is 12.2. The molecule has 0 amide bonds. The predicted molar refractivity (Wildman–Crippen MR) is 123 cm³/mol. The minimum Gasteiger partial charge on any atom is -0.367 e. The molecule has 10 heteroatoms. The van der Waals surface area contributed by atoms with E-state index in [1.54, 1.807) is 24.5 Å². The number of benzene rings is 1. The Labute approximate surface area is 184 Å². The standard InChI is InChI=1S/C21H31N7O2S/c1-4-6-18(13-22)27-19-14-24-21(25-15-19)28-17-7-9-20(10-8-17)31(29,30)26-12-5-11-23-16(2)3/h7-10,14-16,18,23,26-27H,4-6,11-12H2,1-3H3,(H,24,25,28). The van der Waals surface area contributed by atoms with Gasteiger partial charge < -0.3 is 16.0 Å². The highest BCUT2D eigenvalue weighted by Crippen LogP contribution is 2.17. The average Bonchev–Trinajstić information content (AvgIpc) is 2.74. The summed E-state index contributed by atoms with van der Waals surface area (Å²) in [5.74, 6) is 0.376. The predicted octanol–water partition coefficient (Wildman–Crippen LogP) is 2.99. The fourth-order valence-corrected chi connectivity index (χ4v) is 3.82. The van der Waals surface area contributed by atoms with Crippen molar-refractivity contribution >= 4 is 27.3 Å². The molecule has 0 saturated heterocycles. The minimum absolute atomic E-state index is 0.203. The molecule has 0 saturated carbocycles. The normalized spacial score (nSPS) is 12.4. The van der Waals surface area contributed by atoms with Crippen LogP contribution in [0.2, 0.25) is 0 Å². The maximum absolute atomic E-state index is 12.4. The third kappa shape index (κ3) is 8.49. The molecule has 9 nitrogen and oxygen atoms in total. The fourth-order valence-electron chi connectivity index (χ4n) is 2.74. The Balaban J connectivity index is 1.89. The molecular formula is C21H31N7O2S. The van der Waals surface area contributed by atoms with Crippen molar-refractivity contribution < 1.29 is 8.42 Å². The van der Waals surface area contributed by atoms with E-state index in [0.717, 1.165) is 19.4 Å². The molecule has 1 unspecified atom stereocenters. The highest BCUT2D eigenvalue weighted by atomic mass is 32.2. The van der Waals surface area contributed by atoms with Crippen LogP contribution in [0.4, 0.5) is 17.3 Å². The van der Waals surface area contributed by atoms with Gasteiger partial charge in [0.1, 0.15) is 6.04 Å². The molecule has 1 atom stereocenters. The van der Waals surface area contributed by atoms with Gasteiger partial charge in [-0.15, -0.1) is 0 Å². The number of nitrogens with one attached hydrogen (secondary N) is 4. The summed E-state index contributed by atoms with van der Waals surface area (Å²) in [5.41, 5.74) is 1.34. The monoisotopic (exact) mass is 445 g/mol. The topological polar surface area (TPSA) is 132 Å². The van der Waals surface area contributed by atoms with E-state index >= 15 is 0 Å². The SMILES string of the molecule is CCCC(C#N)Nc1cnc(Nc2ccc(S(=O)(=O)NCCCNC(C)C)cc2)nc1. The highest BCUT2D eigenvalue weighted by Gasteiger charge is 2.13. The van der Waals surface area contributed by atoms with Gasteiger partial charge in [-0.1, -0.05) is 27.2 Å². The van der Waals surface area contributed by atoms with Gasteiger partial charge in [-0.25, -0.2) is 23.1 Å². The summed E-state index contributed by atoms with van der Waals surface area (Å²) in [4.78, 5) is 8.67. The van der Waals surface area contributed by atoms with Crippen LogP contribution in [0.15, 0.2) is 41.6 Å². The molecule has 0 fully saturated rings. The Morgan fingerprint density at radius 2 is 1.74 bits per heavy atom. The average molecular weight is 446 g/mol. The molecule has 0 radical (unpaired) electrons. The van der Waals surface area contributed by atoms with Crippen LogP contribution in [0.3, 0.4) is 0 Å². The van der Waals surface area contributed by atoms with E-state index in [9.17, 15) is 8.42 Å². The zero-order chi connectivity index (χ0) is 22.7. The van der Waals surface area contributed by atoms with E-state index in [2.05, 4.69) is 36.7 Å². The molecule has 1 aromatic carbocycles. The van der Waals surface area contributed by atoms with Crippen molar-refractivity contribution in [2.45, 2.75) is 57.0 Å². The van der Waals surface area contributed by atoms with E-state index in [1.807, 2.05) is 20.8 Å². The van der Waals surface area contributed by atoms with E-state index in [1.165, 1.54) is 12.1 Å². The Bertz CT molecular complexity index is 939. The molecule has 168 valence electrons. The molecule has 0 aliphatic heterocycles. The van der Waals surface area contributed by atoms with Gasteiger partial charge in [-0.05, 0) is 43.7 Å². The van der Waals surface area contributed by atoms with Gasteiger partial charge in [0.15, 0.2) is 0 Å². The first-order valence-electron chi connectivity index (χ1n) is 10.4. The largest absolute Gasteiger partial charge is 0.367 e. The number of rotatable bonds is 13. The van der Waals surface area contributed by atoms with Crippen LogP contribution in [0.1, 0.15) is 40.0 Å². The molecule has 2 aromatic rings.